The molecule has 5 rings (SSSR count). The average molecular weight is 440 g/mol. The Morgan fingerprint density at radius 3 is 2.47 bits per heavy atom. The molecule has 170 valence electrons. The third-order valence-corrected chi connectivity index (χ3v) is 7.04. The van der Waals surface area contributed by atoms with Gasteiger partial charge in [0.15, 0.2) is 17.5 Å². The van der Waals surface area contributed by atoms with Crippen LogP contribution in [0.15, 0.2) is 23.0 Å². The number of hydrogen-bond donors (Lipinski definition) is 2. The molecule has 1 saturated heterocycles. The van der Waals surface area contributed by atoms with Gasteiger partial charge in [-0.1, -0.05) is 12.8 Å². The Hall–Kier alpha value is -2.94. The van der Waals surface area contributed by atoms with Crippen LogP contribution in [0.3, 0.4) is 0 Å². The molecule has 9 heteroatoms. The summed E-state index contributed by atoms with van der Waals surface area (Å²) in [4.78, 5) is 17.8. The van der Waals surface area contributed by atoms with Gasteiger partial charge in [-0.15, -0.1) is 5.10 Å². The minimum absolute atomic E-state index is 0.103. The van der Waals surface area contributed by atoms with E-state index >= 15 is 0 Å². The molecule has 2 aliphatic rings. The Balaban J connectivity index is 1.65. The molecule has 3 aromatic rings. The molecule has 1 aliphatic heterocycles. The van der Waals surface area contributed by atoms with E-state index in [0.29, 0.717) is 23.1 Å². The number of pyridine rings is 1. The predicted molar refractivity (Wildman–Crippen MR) is 119 cm³/mol. The number of likely N-dealkylation sites (tertiary alicyclic amines) is 1. The van der Waals surface area contributed by atoms with Crippen molar-refractivity contribution in [3.63, 3.8) is 0 Å². The summed E-state index contributed by atoms with van der Waals surface area (Å²) in [5, 5.41) is 13.8. The van der Waals surface area contributed by atoms with Gasteiger partial charge in [-0.05, 0) is 54.7 Å². The zero-order valence-corrected chi connectivity index (χ0v) is 18.8. The molecule has 1 atom stereocenters. The molecule has 2 fully saturated rings. The van der Waals surface area contributed by atoms with Gasteiger partial charge in [0, 0.05) is 11.5 Å². The standard InChI is InChI=1S/C23H30N6O3/c1-31-19-13-15-12-17(23(30)24-18(15)14-20(19)32-2)21(28-10-6-3-7-11-28)22-25-26-27-29(22)16-8-4-5-9-16/h12-14,16,21H,3-11H2,1-2H3,(H,24,30)/p+1/t21-/m0/s1. The van der Waals surface area contributed by atoms with E-state index in [2.05, 4.69) is 20.5 Å². The van der Waals surface area contributed by atoms with Crippen molar-refractivity contribution in [3.05, 3.63) is 39.9 Å². The minimum Gasteiger partial charge on any atom is -0.493 e. The van der Waals surface area contributed by atoms with Crippen molar-refractivity contribution >= 4 is 10.9 Å². The normalized spacial score (nSPS) is 18.8. The number of methoxy groups -OCH3 is 2. The number of ether oxygens (including phenoxy) is 2. The number of nitrogens with zero attached hydrogens (tertiary/aromatic N) is 4. The van der Waals surface area contributed by atoms with Gasteiger partial charge in [-0.3, -0.25) is 4.79 Å². The van der Waals surface area contributed by atoms with Crippen molar-refractivity contribution < 1.29 is 14.4 Å². The number of piperidine rings is 1. The van der Waals surface area contributed by atoms with Gasteiger partial charge in [0.25, 0.3) is 5.56 Å². The zero-order valence-electron chi connectivity index (χ0n) is 18.8. The molecule has 1 aliphatic carbocycles. The molecule has 2 N–H and O–H groups in total. The average Bonchev–Trinajstić information content (AvgIpc) is 3.52. The van der Waals surface area contributed by atoms with Gasteiger partial charge in [0.2, 0.25) is 5.82 Å². The molecule has 0 amide bonds. The Kier molecular flexibility index (Phi) is 5.82. The molecular formula is C23H31N6O3+. The summed E-state index contributed by atoms with van der Waals surface area (Å²) in [6.45, 7) is 2.01. The molecule has 2 aromatic heterocycles. The first kappa shape index (κ1) is 20.9. The van der Waals surface area contributed by atoms with E-state index in [0.717, 1.165) is 55.5 Å². The lowest BCUT2D eigenvalue weighted by Gasteiger charge is -2.31. The van der Waals surface area contributed by atoms with Crippen LogP contribution in [-0.4, -0.2) is 52.5 Å². The number of tetrazole rings is 1. The van der Waals surface area contributed by atoms with E-state index in [-0.39, 0.29) is 11.6 Å². The van der Waals surface area contributed by atoms with E-state index in [4.69, 9.17) is 9.47 Å². The molecule has 1 aromatic carbocycles. The highest BCUT2D eigenvalue weighted by atomic mass is 16.5. The molecule has 32 heavy (non-hydrogen) atoms. The second-order valence-electron chi connectivity index (χ2n) is 8.92. The van der Waals surface area contributed by atoms with Crippen LogP contribution in [0.25, 0.3) is 10.9 Å². The number of rotatable bonds is 6. The van der Waals surface area contributed by atoms with Gasteiger partial charge >= 0.3 is 0 Å². The van der Waals surface area contributed by atoms with Gasteiger partial charge in [0.1, 0.15) is 0 Å². The van der Waals surface area contributed by atoms with Crippen molar-refractivity contribution in [2.75, 3.05) is 27.3 Å². The quantitative estimate of drug-likeness (QED) is 0.608. The van der Waals surface area contributed by atoms with E-state index in [1.807, 2.05) is 22.9 Å². The second-order valence-corrected chi connectivity index (χ2v) is 8.92. The molecule has 0 bridgehead atoms. The maximum atomic E-state index is 13.4. The molecule has 1 saturated carbocycles. The molecule has 0 radical (unpaired) electrons. The van der Waals surface area contributed by atoms with Crippen LogP contribution in [0.4, 0.5) is 0 Å². The molecular weight excluding hydrogens is 408 g/mol. The van der Waals surface area contributed by atoms with E-state index in [1.165, 1.54) is 24.2 Å². The highest BCUT2D eigenvalue weighted by Crippen LogP contribution is 2.33. The topological polar surface area (TPSA) is 99.4 Å². The lowest BCUT2D eigenvalue weighted by atomic mass is 10.00. The van der Waals surface area contributed by atoms with Gasteiger partial charge in [0.05, 0.1) is 44.4 Å². The van der Waals surface area contributed by atoms with Crippen LogP contribution in [-0.2, 0) is 0 Å². The fraction of sp³-hybridized carbons (Fsp3) is 0.565. The first-order valence-corrected chi connectivity index (χ1v) is 11.6. The summed E-state index contributed by atoms with van der Waals surface area (Å²) >= 11 is 0. The number of H-pyrrole nitrogens is 1. The smallest absolute Gasteiger partial charge is 0.258 e. The van der Waals surface area contributed by atoms with Gasteiger partial charge in [-0.2, -0.15) is 0 Å². The molecule has 9 nitrogen and oxygen atoms in total. The van der Waals surface area contributed by atoms with Crippen molar-refractivity contribution in [1.82, 2.24) is 25.2 Å². The largest absolute Gasteiger partial charge is 0.493 e. The minimum atomic E-state index is -0.202. The number of hydrogen-bond acceptors (Lipinski definition) is 6. The van der Waals surface area contributed by atoms with E-state index < -0.39 is 0 Å². The van der Waals surface area contributed by atoms with Crippen molar-refractivity contribution in [1.29, 1.82) is 0 Å². The van der Waals surface area contributed by atoms with Gasteiger partial charge in [-0.25, -0.2) is 4.68 Å². The van der Waals surface area contributed by atoms with Crippen LogP contribution in [0.1, 0.15) is 68.4 Å². The number of quaternary nitrogens is 1. The highest BCUT2D eigenvalue weighted by Gasteiger charge is 2.36. The maximum absolute atomic E-state index is 13.4. The number of benzene rings is 1. The van der Waals surface area contributed by atoms with Crippen molar-refractivity contribution in [2.45, 2.75) is 57.0 Å². The lowest BCUT2D eigenvalue weighted by molar-refractivity contribution is -0.931. The van der Waals surface area contributed by atoms with E-state index in [1.54, 1.807) is 14.2 Å². The van der Waals surface area contributed by atoms with Crippen LogP contribution < -0.4 is 19.9 Å². The highest BCUT2D eigenvalue weighted by molar-refractivity contribution is 5.83. The Morgan fingerprint density at radius 2 is 1.75 bits per heavy atom. The molecule has 0 spiro atoms. The lowest BCUT2D eigenvalue weighted by Crippen LogP contribution is -3.13. The van der Waals surface area contributed by atoms with Crippen LogP contribution in [0, 0.1) is 0 Å². The van der Waals surface area contributed by atoms with Crippen LogP contribution in [0.2, 0.25) is 0 Å². The van der Waals surface area contributed by atoms with Crippen LogP contribution >= 0.6 is 0 Å². The zero-order chi connectivity index (χ0) is 22.1. The van der Waals surface area contributed by atoms with Crippen LogP contribution in [0.5, 0.6) is 11.5 Å². The fourth-order valence-corrected chi connectivity index (χ4v) is 5.40. The summed E-state index contributed by atoms with van der Waals surface area (Å²) in [5.74, 6) is 2.03. The number of nitrogens with one attached hydrogen (secondary N) is 2. The van der Waals surface area contributed by atoms with E-state index in [9.17, 15) is 4.79 Å². The third kappa shape index (κ3) is 3.74. The maximum Gasteiger partial charge on any atom is 0.258 e. The number of fused-ring (bicyclic) bond motifs is 1. The predicted octanol–water partition coefficient (Wildman–Crippen LogP) is 1.81. The monoisotopic (exact) mass is 439 g/mol. The Labute approximate surface area is 186 Å². The summed E-state index contributed by atoms with van der Waals surface area (Å²) in [6.07, 6.45) is 8.10. The van der Waals surface area contributed by atoms with Crippen molar-refractivity contribution in [3.8, 4) is 11.5 Å². The molecule has 3 heterocycles. The number of aromatic amines is 1. The summed E-state index contributed by atoms with van der Waals surface area (Å²) in [6, 6.07) is 5.82. The first-order valence-electron chi connectivity index (χ1n) is 11.6. The van der Waals surface area contributed by atoms with Gasteiger partial charge < -0.3 is 19.4 Å². The molecule has 0 unspecified atom stereocenters. The summed E-state index contributed by atoms with van der Waals surface area (Å²) in [5.41, 5.74) is 1.32. The Bertz CT molecular complexity index is 1140. The second kappa shape index (κ2) is 8.90. The number of aromatic nitrogens is 5. The summed E-state index contributed by atoms with van der Waals surface area (Å²) < 4.78 is 12.9. The first-order chi connectivity index (χ1) is 15.7. The Morgan fingerprint density at radius 1 is 1.03 bits per heavy atom. The SMILES string of the molecule is COc1cc2cc([C@@H](c3nnnn3C3CCCC3)[NH+]3CCCCC3)c(=O)[nH]c2cc1OC. The fourth-order valence-electron chi connectivity index (χ4n) is 5.40. The summed E-state index contributed by atoms with van der Waals surface area (Å²) in [7, 11) is 3.21. The van der Waals surface area contributed by atoms with Crippen molar-refractivity contribution in [2.24, 2.45) is 0 Å². The third-order valence-electron chi connectivity index (χ3n) is 7.04.